The first kappa shape index (κ1) is 21.2. The molecular formula is C4H3F9KNO2S. The van der Waals surface area contributed by atoms with Gasteiger partial charge in [0.15, 0.2) is 0 Å². The van der Waals surface area contributed by atoms with Gasteiger partial charge in [0, 0.05) is 0 Å². The first-order valence-corrected chi connectivity index (χ1v) is 4.77. The van der Waals surface area contributed by atoms with Gasteiger partial charge in [-0.2, -0.15) is 39.5 Å². The molecule has 0 unspecified atom stereocenters. The van der Waals surface area contributed by atoms with E-state index in [-0.39, 0.29) is 52.8 Å². The van der Waals surface area contributed by atoms with Gasteiger partial charge in [0.1, 0.15) is 0 Å². The van der Waals surface area contributed by atoms with Crippen molar-refractivity contribution >= 4 is 10.0 Å². The molecule has 0 heterocycles. The molecule has 18 heavy (non-hydrogen) atoms. The molecule has 106 valence electrons. The zero-order valence-electron chi connectivity index (χ0n) is 9.20. The maximum absolute atomic E-state index is 12.3. The second-order valence-electron chi connectivity index (χ2n) is 2.71. The van der Waals surface area contributed by atoms with Crippen LogP contribution in [0.15, 0.2) is 0 Å². The van der Waals surface area contributed by atoms with E-state index in [4.69, 9.17) is 0 Å². The molecule has 0 radical (unpaired) electrons. The molecule has 0 fully saturated rings. The number of rotatable bonds is 3. The Hall–Kier alpha value is 0.916. The zero-order valence-corrected chi connectivity index (χ0v) is 12.1. The van der Waals surface area contributed by atoms with Gasteiger partial charge >= 0.3 is 74.7 Å². The van der Waals surface area contributed by atoms with Crippen molar-refractivity contribution in [3.05, 3.63) is 0 Å². The largest absolute Gasteiger partial charge is 1.00 e. The number of nitrogens with two attached hydrogens (primary N) is 1. The summed E-state index contributed by atoms with van der Waals surface area (Å²) in [5, 5.41) is -3.30. The molecule has 2 N–H and O–H groups in total. The van der Waals surface area contributed by atoms with Crippen molar-refractivity contribution in [1.82, 2.24) is 0 Å². The molecule has 0 saturated carbocycles. The van der Waals surface area contributed by atoms with Gasteiger partial charge in [-0.3, -0.25) is 0 Å². The van der Waals surface area contributed by atoms with Crippen molar-refractivity contribution in [2.75, 3.05) is 0 Å². The number of primary sulfonamides is 1. The predicted octanol–water partition coefficient (Wildman–Crippen LogP) is -1.18. The number of alkyl halides is 9. The zero-order chi connectivity index (χ0) is 14.5. The minimum Gasteiger partial charge on any atom is -1.00 e. The van der Waals surface area contributed by atoms with Crippen LogP contribution in [0.1, 0.15) is 1.43 Å². The van der Waals surface area contributed by atoms with Crippen molar-refractivity contribution in [1.29, 1.82) is 0 Å². The summed E-state index contributed by atoms with van der Waals surface area (Å²) in [6, 6.07) is 0. The fraction of sp³-hybridized carbons (Fsp3) is 1.00. The van der Waals surface area contributed by atoms with E-state index in [2.05, 4.69) is 5.14 Å². The standard InChI is InChI=1S/C4H2F9NO2S.K.H/c5-1(6,3(9,10)11)2(7,8)4(12,13)17(14,15)16;;/h(H2,14,15,16);;/q;+1;-1. The van der Waals surface area contributed by atoms with Crippen LogP contribution >= 0.6 is 0 Å². The smallest absolute Gasteiger partial charge is 1.00 e. The van der Waals surface area contributed by atoms with Crippen LogP contribution in [-0.4, -0.2) is 31.7 Å². The van der Waals surface area contributed by atoms with Gasteiger partial charge in [-0.1, -0.05) is 0 Å². The Morgan fingerprint density at radius 2 is 1.06 bits per heavy atom. The van der Waals surface area contributed by atoms with E-state index in [1.807, 2.05) is 0 Å². The summed E-state index contributed by atoms with van der Waals surface area (Å²) in [4.78, 5) is 0. The molecule has 0 aliphatic heterocycles. The molecule has 0 aliphatic rings. The van der Waals surface area contributed by atoms with Crippen LogP contribution in [0.3, 0.4) is 0 Å². The number of halogens is 9. The third-order valence-electron chi connectivity index (χ3n) is 1.47. The number of sulfonamides is 1. The molecule has 0 rings (SSSR count). The van der Waals surface area contributed by atoms with Gasteiger partial charge in [-0.25, -0.2) is 13.6 Å². The van der Waals surface area contributed by atoms with Crippen molar-refractivity contribution in [3.63, 3.8) is 0 Å². The fourth-order valence-electron chi connectivity index (χ4n) is 0.539. The maximum atomic E-state index is 12.3. The molecule has 3 nitrogen and oxygen atoms in total. The molecule has 0 aromatic heterocycles. The van der Waals surface area contributed by atoms with Crippen LogP contribution in [0.5, 0.6) is 0 Å². The molecule has 0 spiro atoms. The summed E-state index contributed by atoms with van der Waals surface area (Å²) in [7, 11) is -6.67. The first-order valence-electron chi connectivity index (χ1n) is 3.22. The van der Waals surface area contributed by atoms with Gasteiger partial charge < -0.3 is 1.43 Å². The van der Waals surface area contributed by atoms with E-state index in [1.54, 1.807) is 0 Å². The predicted molar refractivity (Wildman–Crippen MR) is 35.1 cm³/mol. The molecule has 0 aromatic carbocycles. The third kappa shape index (κ3) is 3.14. The maximum Gasteiger partial charge on any atom is 1.00 e. The molecule has 14 heteroatoms. The van der Waals surface area contributed by atoms with E-state index in [1.165, 1.54) is 0 Å². The summed E-state index contributed by atoms with van der Waals surface area (Å²) >= 11 is 0. The van der Waals surface area contributed by atoms with Crippen molar-refractivity contribution < 1.29 is 101 Å². The van der Waals surface area contributed by atoms with Gasteiger partial charge in [0.25, 0.3) is 10.0 Å². The van der Waals surface area contributed by atoms with E-state index in [0.29, 0.717) is 0 Å². The molecular weight excluding hydrogens is 336 g/mol. The van der Waals surface area contributed by atoms with Crippen LogP contribution in [0, 0.1) is 0 Å². The summed E-state index contributed by atoms with van der Waals surface area (Å²) in [6.45, 7) is 0. The Morgan fingerprint density at radius 3 is 1.22 bits per heavy atom. The number of hydrogen-bond acceptors (Lipinski definition) is 2. The average Bonchev–Trinajstić information content (AvgIpc) is 1.98. The van der Waals surface area contributed by atoms with Gasteiger partial charge in [0.2, 0.25) is 0 Å². The monoisotopic (exact) mass is 339 g/mol. The Labute approximate surface area is 138 Å². The molecule has 0 aliphatic carbocycles. The minimum absolute atomic E-state index is 0. The van der Waals surface area contributed by atoms with Crippen molar-refractivity contribution in [2.24, 2.45) is 5.14 Å². The SMILES string of the molecule is NS(=O)(=O)C(F)(F)C(F)(F)C(F)(F)C(F)(F)F.[H-].[K+]. The molecule has 0 aromatic rings. The summed E-state index contributed by atoms with van der Waals surface area (Å²) in [6.07, 6.45) is -7.08. The van der Waals surface area contributed by atoms with Crippen molar-refractivity contribution in [3.8, 4) is 0 Å². The van der Waals surface area contributed by atoms with E-state index in [0.717, 1.165) is 0 Å². The van der Waals surface area contributed by atoms with Crippen LogP contribution in [0.2, 0.25) is 0 Å². The summed E-state index contributed by atoms with van der Waals surface area (Å²) < 4.78 is 127. The van der Waals surface area contributed by atoms with E-state index < -0.39 is 33.3 Å². The Morgan fingerprint density at radius 1 is 0.778 bits per heavy atom. The van der Waals surface area contributed by atoms with Crippen LogP contribution in [0.25, 0.3) is 0 Å². The summed E-state index contributed by atoms with van der Waals surface area (Å²) in [5.74, 6) is -14.5. The summed E-state index contributed by atoms with van der Waals surface area (Å²) in [5.41, 5.74) is 0. The Kier molecular flexibility index (Phi) is 6.32. The normalized spacial score (nSPS) is 15.2. The van der Waals surface area contributed by atoms with Crippen LogP contribution in [0.4, 0.5) is 39.5 Å². The fourth-order valence-corrected chi connectivity index (χ4v) is 1.02. The van der Waals surface area contributed by atoms with Gasteiger partial charge in [-0.05, 0) is 0 Å². The first-order chi connectivity index (χ1) is 7.00. The number of hydrogen-bond donors (Lipinski definition) is 1. The topological polar surface area (TPSA) is 60.2 Å². The minimum atomic E-state index is -7.27. The van der Waals surface area contributed by atoms with Gasteiger partial charge in [-0.15, -0.1) is 0 Å². The Balaban J connectivity index is -0.00000128. The molecule has 0 bridgehead atoms. The van der Waals surface area contributed by atoms with E-state index >= 15 is 0 Å². The quantitative estimate of drug-likeness (QED) is 0.520. The van der Waals surface area contributed by atoms with Crippen LogP contribution in [-0.2, 0) is 10.0 Å². The molecule has 0 amide bonds. The third-order valence-corrected chi connectivity index (χ3v) is 2.44. The Bertz CT molecular complexity index is 407. The van der Waals surface area contributed by atoms with E-state index in [9.17, 15) is 47.9 Å². The molecule has 0 atom stereocenters. The molecule has 0 saturated heterocycles. The second kappa shape index (κ2) is 5.36. The van der Waals surface area contributed by atoms with Crippen LogP contribution < -0.4 is 56.5 Å². The second-order valence-corrected chi connectivity index (χ2v) is 4.31. The van der Waals surface area contributed by atoms with Crippen molar-refractivity contribution in [2.45, 2.75) is 23.3 Å². The average molecular weight is 339 g/mol. The van der Waals surface area contributed by atoms with Gasteiger partial charge in [0.05, 0.1) is 0 Å².